The molecule has 3 nitrogen and oxygen atoms in total. The molecule has 4 heteroatoms. The van der Waals surface area contributed by atoms with E-state index in [9.17, 15) is 4.39 Å². The van der Waals surface area contributed by atoms with Crippen molar-refractivity contribution >= 4 is 11.4 Å². The average Bonchev–Trinajstić information content (AvgIpc) is 3.23. The summed E-state index contributed by atoms with van der Waals surface area (Å²) in [5.74, 6) is 1.53. The van der Waals surface area contributed by atoms with Crippen LogP contribution in [0.2, 0.25) is 0 Å². The molecule has 1 aliphatic heterocycles. The molecule has 0 fully saturated rings. The molecule has 24 heavy (non-hydrogen) atoms. The lowest BCUT2D eigenvalue weighted by molar-refractivity contribution is 0.445. The molecule has 0 saturated carbocycles. The van der Waals surface area contributed by atoms with Crippen LogP contribution in [0, 0.1) is 12.7 Å². The Morgan fingerprint density at radius 2 is 1.75 bits per heavy atom. The summed E-state index contributed by atoms with van der Waals surface area (Å²) in [6.07, 6.45) is 0.716. The van der Waals surface area contributed by atoms with Crippen molar-refractivity contribution in [3.8, 4) is 0 Å². The predicted octanol–water partition coefficient (Wildman–Crippen LogP) is 5.08. The molecule has 0 radical (unpaired) electrons. The number of benzene rings is 2. The molecule has 0 amide bonds. The number of hydrazone groups is 1. The van der Waals surface area contributed by atoms with Gasteiger partial charge in [0.05, 0.1) is 11.4 Å². The van der Waals surface area contributed by atoms with Crippen LogP contribution in [-0.2, 0) is 0 Å². The van der Waals surface area contributed by atoms with E-state index < -0.39 is 0 Å². The Labute approximate surface area is 140 Å². The van der Waals surface area contributed by atoms with Gasteiger partial charge < -0.3 is 4.42 Å². The summed E-state index contributed by atoms with van der Waals surface area (Å²) in [6, 6.07) is 20.5. The summed E-state index contributed by atoms with van der Waals surface area (Å²) in [4.78, 5) is 0. The molecule has 3 aromatic rings. The third-order valence-corrected chi connectivity index (χ3v) is 4.20. The van der Waals surface area contributed by atoms with Gasteiger partial charge in [0.2, 0.25) is 0 Å². The topological polar surface area (TPSA) is 28.7 Å². The van der Waals surface area contributed by atoms with E-state index in [4.69, 9.17) is 9.52 Å². The minimum atomic E-state index is -0.240. The highest BCUT2D eigenvalue weighted by molar-refractivity contribution is 6.03. The number of nitrogens with zero attached hydrogens (tertiary/aromatic N) is 2. The molecule has 4 rings (SSSR count). The van der Waals surface area contributed by atoms with E-state index in [2.05, 4.69) is 0 Å². The summed E-state index contributed by atoms with van der Waals surface area (Å²) >= 11 is 0. The molecular weight excluding hydrogens is 303 g/mol. The second-order valence-corrected chi connectivity index (χ2v) is 5.90. The van der Waals surface area contributed by atoms with Crippen LogP contribution in [0.15, 0.2) is 76.2 Å². The summed E-state index contributed by atoms with van der Waals surface area (Å²) in [6.45, 7) is 1.94. The van der Waals surface area contributed by atoms with E-state index in [0.29, 0.717) is 6.42 Å². The van der Waals surface area contributed by atoms with E-state index in [1.165, 1.54) is 12.1 Å². The van der Waals surface area contributed by atoms with Gasteiger partial charge in [-0.25, -0.2) is 4.39 Å². The number of hydrogen-bond acceptors (Lipinski definition) is 3. The molecule has 0 saturated heterocycles. The Morgan fingerprint density at radius 1 is 1.00 bits per heavy atom. The molecule has 120 valence electrons. The first-order valence-corrected chi connectivity index (χ1v) is 7.95. The fourth-order valence-electron chi connectivity index (χ4n) is 3.00. The van der Waals surface area contributed by atoms with Gasteiger partial charge in [-0.1, -0.05) is 30.3 Å². The fourth-order valence-corrected chi connectivity index (χ4v) is 3.00. The third kappa shape index (κ3) is 2.71. The highest BCUT2D eigenvalue weighted by Gasteiger charge is 2.31. The Hall–Kier alpha value is -2.88. The molecule has 0 bridgehead atoms. The van der Waals surface area contributed by atoms with Gasteiger partial charge in [-0.2, -0.15) is 5.10 Å². The Morgan fingerprint density at radius 3 is 2.42 bits per heavy atom. The van der Waals surface area contributed by atoms with Crippen molar-refractivity contribution < 1.29 is 8.81 Å². The number of para-hydroxylation sites is 1. The molecule has 0 aliphatic carbocycles. The summed E-state index contributed by atoms with van der Waals surface area (Å²) in [5, 5.41) is 6.78. The Balaban J connectivity index is 1.74. The number of hydrogen-bond donors (Lipinski definition) is 0. The van der Waals surface area contributed by atoms with Gasteiger partial charge in [0.25, 0.3) is 0 Å². The zero-order chi connectivity index (χ0) is 16.5. The predicted molar refractivity (Wildman–Crippen MR) is 92.7 cm³/mol. The van der Waals surface area contributed by atoms with Gasteiger partial charge in [0.1, 0.15) is 23.4 Å². The lowest BCUT2D eigenvalue weighted by Gasteiger charge is -2.21. The minimum absolute atomic E-state index is 0.00107. The van der Waals surface area contributed by atoms with Crippen LogP contribution >= 0.6 is 0 Å². The van der Waals surface area contributed by atoms with Crippen molar-refractivity contribution in [2.45, 2.75) is 19.4 Å². The maximum atomic E-state index is 13.2. The van der Waals surface area contributed by atoms with E-state index in [0.717, 1.165) is 28.5 Å². The number of furan rings is 1. The van der Waals surface area contributed by atoms with E-state index in [1.807, 2.05) is 54.4 Å². The smallest absolute Gasteiger partial charge is 0.129 e. The number of halogens is 1. The standard InChI is InChI=1S/C20H17FN2O/c1-14-7-12-20(24-14)19-13-18(15-8-10-16(21)11-9-15)22-23(19)17-5-3-2-4-6-17/h2-12,19H,13H2,1H3. The molecule has 0 N–H and O–H groups in total. The SMILES string of the molecule is Cc1ccc(C2CC(c3ccc(F)cc3)=NN2c2ccccc2)o1. The van der Waals surface area contributed by atoms with Gasteiger partial charge in [-0.05, 0) is 48.9 Å². The largest absolute Gasteiger partial charge is 0.464 e. The molecule has 1 aliphatic rings. The molecule has 1 atom stereocenters. The monoisotopic (exact) mass is 320 g/mol. The van der Waals surface area contributed by atoms with Crippen molar-refractivity contribution in [2.75, 3.05) is 5.01 Å². The van der Waals surface area contributed by atoms with Crippen LogP contribution in [0.3, 0.4) is 0 Å². The first-order valence-electron chi connectivity index (χ1n) is 7.95. The maximum absolute atomic E-state index is 13.2. The molecule has 1 aromatic heterocycles. The number of rotatable bonds is 3. The maximum Gasteiger partial charge on any atom is 0.129 e. The molecular formula is C20H17FN2O. The average molecular weight is 320 g/mol. The zero-order valence-electron chi connectivity index (χ0n) is 13.3. The van der Waals surface area contributed by atoms with Crippen molar-refractivity contribution in [3.63, 3.8) is 0 Å². The first kappa shape index (κ1) is 14.7. The van der Waals surface area contributed by atoms with Crippen LogP contribution in [0.4, 0.5) is 10.1 Å². The van der Waals surface area contributed by atoms with E-state index in [1.54, 1.807) is 12.1 Å². The van der Waals surface area contributed by atoms with Crippen LogP contribution < -0.4 is 5.01 Å². The van der Waals surface area contributed by atoms with Gasteiger partial charge in [0.15, 0.2) is 0 Å². The minimum Gasteiger partial charge on any atom is -0.464 e. The number of aryl methyl sites for hydroxylation is 1. The molecule has 2 aromatic carbocycles. The van der Waals surface area contributed by atoms with E-state index in [-0.39, 0.29) is 11.9 Å². The zero-order valence-corrected chi connectivity index (χ0v) is 13.3. The van der Waals surface area contributed by atoms with Crippen LogP contribution in [0.25, 0.3) is 0 Å². The van der Waals surface area contributed by atoms with Crippen LogP contribution in [-0.4, -0.2) is 5.71 Å². The third-order valence-electron chi connectivity index (χ3n) is 4.20. The summed E-state index contributed by atoms with van der Waals surface area (Å²) < 4.78 is 19.0. The Kier molecular flexibility index (Phi) is 3.65. The van der Waals surface area contributed by atoms with Crippen molar-refractivity contribution in [3.05, 3.63) is 89.6 Å². The van der Waals surface area contributed by atoms with Crippen LogP contribution in [0.5, 0.6) is 0 Å². The second kappa shape index (κ2) is 5.96. The summed E-state index contributed by atoms with van der Waals surface area (Å²) in [7, 11) is 0. The summed E-state index contributed by atoms with van der Waals surface area (Å²) in [5.41, 5.74) is 2.87. The Bertz CT molecular complexity index is 868. The van der Waals surface area contributed by atoms with E-state index >= 15 is 0 Å². The lowest BCUT2D eigenvalue weighted by atomic mass is 10.0. The molecule has 2 heterocycles. The molecule has 0 spiro atoms. The lowest BCUT2D eigenvalue weighted by Crippen LogP contribution is -2.17. The highest BCUT2D eigenvalue weighted by atomic mass is 19.1. The van der Waals surface area contributed by atoms with Crippen molar-refractivity contribution in [1.82, 2.24) is 0 Å². The second-order valence-electron chi connectivity index (χ2n) is 5.90. The first-order chi connectivity index (χ1) is 11.7. The van der Waals surface area contributed by atoms with Gasteiger partial charge in [0, 0.05) is 6.42 Å². The van der Waals surface area contributed by atoms with Crippen molar-refractivity contribution in [1.29, 1.82) is 0 Å². The quantitative estimate of drug-likeness (QED) is 0.673. The molecule has 1 unspecified atom stereocenters. The fraction of sp³-hybridized carbons (Fsp3) is 0.150. The highest BCUT2D eigenvalue weighted by Crippen LogP contribution is 2.37. The van der Waals surface area contributed by atoms with Gasteiger partial charge >= 0.3 is 0 Å². The number of anilines is 1. The van der Waals surface area contributed by atoms with Gasteiger partial charge in [-0.15, -0.1) is 0 Å². The van der Waals surface area contributed by atoms with Gasteiger partial charge in [-0.3, -0.25) is 5.01 Å². The van der Waals surface area contributed by atoms with Crippen molar-refractivity contribution in [2.24, 2.45) is 5.10 Å². The van der Waals surface area contributed by atoms with Crippen LogP contribution in [0.1, 0.15) is 29.5 Å². The normalized spacial score (nSPS) is 17.2.